The summed E-state index contributed by atoms with van der Waals surface area (Å²) in [4.78, 5) is 26.8. The molecular weight excluding hydrogens is 573 g/mol. The summed E-state index contributed by atoms with van der Waals surface area (Å²) in [6.07, 6.45) is 3.20. The number of benzene rings is 1. The summed E-state index contributed by atoms with van der Waals surface area (Å²) >= 11 is 0. The minimum atomic E-state index is -0.950. The van der Waals surface area contributed by atoms with Crippen molar-refractivity contribution in [1.82, 2.24) is 19.4 Å². The molecule has 3 fully saturated rings. The van der Waals surface area contributed by atoms with Crippen LogP contribution in [0.25, 0.3) is 33.4 Å². The van der Waals surface area contributed by atoms with Crippen molar-refractivity contribution in [2.45, 2.75) is 39.2 Å². The van der Waals surface area contributed by atoms with E-state index in [1.54, 1.807) is 0 Å². The van der Waals surface area contributed by atoms with Crippen molar-refractivity contribution in [2.24, 2.45) is 18.9 Å². The quantitative estimate of drug-likeness (QED) is 0.333. The van der Waals surface area contributed by atoms with Crippen molar-refractivity contribution in [3.63, 3.8) is 0 Å². The fraction of sp³-hybridized carbons (Fsp3) is 0.457. The minimum Gasteiger partial charge on any atom is -0.490 e. The molecule has 4 aliphatic heterocycles. The average molecular weight is 612 g/mol. The second kappa shape index (κ2) is 10.8. The Morgan fingerprint density at radius 1 is 1.11 bits per heavy atom. The van der Waals surface area contributed by atoms with Crippen molar-refractivity contribution < 1.29 is 23.8 Å². The Labute approximate surface area is 261 Å². The van der Waals surface area contributed by atoms with E-state index >= 15 is 4.39 Å². The van der Waals surface area contributed by atoms with Gasteiger partial charge in [0.2, 0.25) is 0 Å². The summed E-state index contributed by atoms with van der Waals surface area (Å²) in [6, 6.07) is 8.34. The lowest BCUT2D eigenvalue weighted by Crippen LogP contribution is -2.48. The molecular formula is C35H38FN5O4. The molecule has 0 aliphatic carbocycles. The van der Waals surface area contributed by atoms with E-state index in [0.29, 0.717) is 47.1 Å². The van der Waals surface area contributed by atoms with Gasteiger partial charge in [0, 0.05) is 61.6 Å². The van der Waals surface area contributed by atoms with E-state index in [2.05, 4.69) is 26.5 Å². The molecule has 0 bridgehead atoms. The standard InChI is InChI=1S/C35H38FN5O4/c1-19-25-5-4-8-45-34(25)29(36)10-26(19)33-27(12-32(42)43)20(2)38-35-28(33)11-30(39(35)3)21-6-7-37-31(9-21)41-15-22-13-40(14-23(22)16-41)24-17-44-18-24/h6-7,9-11,22-24H,4-5,8,12-18H2,1-3H3,(H,42,43). The summed E-state index contributed by atoms with van der Waals surface area (Å²) < 4.78 is 28.7. The van der Waals surface area contributed by atoms with E-state index in [9.17, 15) is 9.90 Å². The number of anilines is 1. The number of aromatic nitrogens is 3. The molecule has 9 nitrogen and oxygen atoms in total. The van der Waals surface area contributed by atoms with Crippen LogP contribution >= 0.6 is 0 Å². The highest BCUT2D eigenvalue weighted by atomic mass is 19.1. The molecule has 0 radical (unpaired) electrons. The molecule has 234 valence electrons. The largest absolute Gasteiger partial charge is 0.490 e. The summed E-state index contributed by atoms with van der Waals surface area (Å²) in [7, 11) is 1.98. The first-order valence-electron chi connectivity index (χ1n) is 16.0. The minimum absolute atomic E-state index is 0.203. The molecule has 2 unspecified atom stereocenters. The van der Waals surface area contributed by atoms with E-state index in [1.807, 2.05) is 33.2 Å². The van der Waals surface area contributed by atoms with Crippen LogP contribution in [0.5, 0.6) is 5.75 Å². The van der Waals surface area contributed by atoms with Gasteiger partial charge in [0.05, 0.1) is 38.0 Å². The van der Waals surface area contributed by atoms with Crippen LogP contribution in [0.15, 0.2) is 30.5 Å². The number of ether oxygens (including phenoxy) is 2. The summed E-state index contributed by atoms with van der Waals surface area (Å²) in [6.45, 7) is 10.3. The number of rotatable bonds is 6. The number of fused-ring (bicyclic) bond motifs is 3. The first-order valence-corrected chi connectivity index (χ1v) is 16.0. The van der Waals surface area contributed by atoms with Gasteiger partial charge in [-0.1, -0.05) is 0 Å². The zero-order valence-electron chi connectivity index (χ0n) is 26.0. The van der Waals surface area contributed by atoms with Crippen LogP contribution in [-0.4, -0.2) is 82.6 Å². The lowest BCUT2D eigenvalue weighted by atomic mass is 9.87. The van der Waals surface area contributed by atoms with E-state index in [4.69, 9.17) is 19.4 Å². The number of aryl methyl sites for hydroxylation is 2. The second-order valence-corrected chi connectivity index (χ2v) is 13.2. The normalized spacial score (nSPS) is 21.6. The van der Waals surface area contributed by atoms with Gasteiger partial charge >= 0.3 is 5.97 Å². The third kappa shape index (κ3) is 4.68. The molecule has 10 heteroatoms. The Balaban J connectivity index is 1.20. The molecule has 1 aromatic carbocycles. The molecule has 0 spiro atoms. The van der Waals surface area contributed by atoms with Crippen LogP contribution in [-0.2, 0) is 29.4 Å². The molecule has 4 aromatic rings. The van der Waals surface area contributed by atoms with Crippen LogP contribution in [0.4, 0.5) is 10.2 Å². The fourth-order valence-corrected chi connectivity index (χ4v) is 8.05. The summed E-state index contributed by atoms with van der Waals surface area (Å²) in [5.41, 5.74) is 7.13. The summed E-state index contributed by atoms with van der Waals surface area (Å²) in [5, 5.41) is 10.7. The Hall–Kier alpha value is -4.02. The average Bonchev–Trinajstić information content (AvgIpc) is 3.67. The van der Waals surface area contributed by atoms with Crippen molar-refractivity contribution in [2.75, 3.05) is 50.9 Å². The van der Waals surface area contributed by atoms with Gasteiger partial charge in [-0.2, -0.15) is 0 Å². The lowest BCUT2D eigenvalue weighted by Gasteiger charge is -2.35. The zero-order chi connectivity index (χ0) is 31.0. The van der Waals surface area contributed by atoms with E-state index in [1.165, 1.54) is 6.07 Å². The highest BCUT2D eigenvalue weighted by molar-refractivity contribution is 6.01. The maximum Gasteiger partial charge on any atom is 0.307 e. The number of hydrogen-bond acceptors (Lipinski definition) is 7. The number of aliphatic carboxylic acids is 1. The van der Waals surface area contributed by atoms with Gasteiger partial charge in [0.25, 0.3) is 0 Å². The Bertz CT molecular complexity index is 1840. The maximum absolute atomic E-state index is 15.5. The predicted molar refractivity (Wildman–Crippen MR) is 169 cm³/mol. The van der Waals surface area contributed by atoms with Crippen molar-refractivity contribution in [3.05, 3.63) is 58.7 Å². The molecule has 8 rings (SSSR count). The van der Waals surface area contributed by atoms with Crippen LogP contribution < -0.4 is 9.64 Å². The molecule has 2 atom stereocenters. The zero-order valence-corrected chi connectivity index (χ0v) is 26.0. The van der Waals surface area contributed by atoms with Crippen molar-refractivity contribution >= 4 is 22.8 Å². The Morgan fingerprint density at radius 3 is 2.60 bits per heavy atom. The van der Waals surface area contributed by atoms with Gasteiger partial charge in [-0.15, -0.1) is 0 Å². The van der Waals surface area contributed by atoms with E-state index in [-0.39, 0.29) is 6.42 Å². The third-order valence-corrected chi connectivity index (χ3v) is 10.5. The summed E-state index contributed by atoms with van der Waals surface area (Å²) in [5.74, 6) is 1.20. The first kappa shape index (κ1) is 28.5. The van der Waals surface area contributed by atoms with Crippen LogP contribution in [0, 0.1) is 31.5 Å². The van der Waals surface area contributed by atoms with Crippen molar-refractivity contribution in [3.8, 4) is 28.1 Å². The topological polar surface area (TPSA) is 93.0 Å². The van der Waals surface area contributed by atoms with Gasteiger partial charge < -0.3 is 24.0 Å². The molecule has 4 aliphatic rings. The molecule has 0 saturated carbocycles. The Morgan fingerprint density at radius 2 is 1.89 bits per heavy atom. The monoisotopic (exact) mass is 611 g/mol. The number of pyridine rings is 2. The van der Waals surface area contributed by atoms with Crippen LogP contribution in [0.3, 0.4) is 0 Å². The highest BCUT2D eigenvalue weighted by Crippen LogP contribution is 2.43. The fourth-order valence-electron chi connectivity index (χ4n) is 8.05. The molecule has 45 heavy (non-hydrogen) atoms. The number of likely N-dealkylation sites (tertiary alicyclic amines) is 1. The van der Waals surface area contributed by atoms with Crippen LogP contribution in [0.2, 0.25) is 0 Å². The molecule has 0 amide bonds. The molecule has 3 aromatic heterocycles. The Kier molecular flexibility index (Phi) is 6.83. The molecule has 7 heterocycles. The van der Waals surface area contributed by atoms with E-state index < -0.39 is 11.8 Å². The number of nitrogens with zero attached hydrogens (tertiary/aromatic N) is 5. The number of carbonyl (C=O) groups is 1. The SMILES string of the molecule is Cc1nc2c(cc(-c3ccnc(N4CC5CN(C6COC6)CC5C4)c3)n2C)c(-c2cc(F)c3c(c2C)CCCO3)c1CC(=O)O. The van der Waals surface area contributed by atoms with Crippen LogP contribution in [0.1, 0.15) is 28.8 Å². The number of hydrogen-bond donors (Lipinski definition) is 1. The smallest absolute Gasteiger partial charge is 0.307 e. The third-order valence-electron chi connectivity index (χ3n) is 10.5. The predicted octanol–water partition coefficient (Wildman–Crippen LogP) is 4.78. The number of carboxylic acid groups (broad SMARTS) is 1. The lowest BCUT2D eigenvalue weighted by molar-refractivity contribution is -0.136. The molecule has 3 saturated heterocycles. The molecule has 1 N–H and O–H groups in total. The van der Waals surface area contributed by atoms with Gasteiger partial charge in [-0.3, -0.25) is 9.69 Å². The number of halogens is 1. The van der Waals surface area contributed by atoms with E-state index in [0.717, 1.165) is 97.0 Å². The van der Waals surface area contributed by atoms with Gasteiger partial charge in [-0.05, 0) is 85.0 Å². The highest BCUT2D eigenvalue weighted by Gasteiger charge is 2.43. The maximum atomic E-state index is 15.5. The van der Waals surface area contributed by atoms with Crippen molar-refractivity contribution in [1.29, 1.82) is 0 Å². The number of carboxylic acids is 1. The van der Waals surface area contributed by atoms with Gasteiger partial charge in [0.15, 0.2) is 11.6 Å². The van der Waals surface area contributed by atoms with Gasteiger partial charge in [-0.25, -0.2) is 14.4 Å². The first-order chi connectivity index (χ1) is 21.8. The van der Waals surface area contributed by atoms with Gasteiger partial charge in [0.1, 0.15) is 11.5 Å². The second-order valence-electron chi connectivity index (χ2n) is 13.2.